The van der Waals surface area contributed by atoms with E-state index in [1.165, 1.54) is 5.56 Å². The Morgan fingerprint density at radius 2 is 2.10 bits per heavy atom. The van der Waals surface area contributed by atoms with Gasteiger partial charge in [-0.25, -0.2) is 0 Å². The van der Waals surface area contributed by atoms with Crippen LogP contribution in [0.4, 0.5) is 0 Å². The maximum Gasteiger partial charge on any atom is 0.255 e. The fourth-order valence-electron chi connectivity index (χ4n) is 3.35. The summed E-state index contributed by atoms with van der Waals surface area (Å²) in [6, 6.07) is 10.2. The van der Waals surface area contributed by atoms with Crippen molar-refractivity contribution >= 4 is 47.2 Å². The monoisotopic (exact) mass is 543 g/mol. The number of ether oxygens (including phenoxy) is 1. The van der Waals surface area contributed by atoms with Gasteiger partial charge in [0.2, 0.25) is 0 Å². The van der Waals surface area contributed by atoms with Crippen LogP contribution in [0, 0.1) is 0 Å². The molecular weight excluding hydrogens is 513 g/mol. The van der Waals surface area contributed by atoms with E-state index in [1.807, 2.05) is 24.3 Å². The molecule has 1 aliphatic rings. The molecule has 0 radical (unpaired) electrons. The number of nitrogens with one attached hydrogen (secondary N) is 2. The summed E-state index contributed by atoms with van der Waals surface area (Å²) < 4.78 is 5.36. The maximum absolute atomic E-state index is 10.9. The fourth-order valence-corrected chi connectivity index (χ4v) is 4.01. The molecule has 9 heteroatoms. The summed E-state index contributed by atoms with van der Waals surface area (Å²) in [5.74, 6) is 0.938. The van der Waals surface area contributed by atoms with E-state index in [4.69, 9.17) is 10.5 Å². The van der Waals surface area contributed by atoms with Gasteiger partial charge in [0.1, 0.15) is 5.75 Å². The number of carbonyl (C=O) groups excluding carboxylic acids is 1. The third kappa shape index (κ3) is 8.11. The third-order valence-corrected chi connectivity index (χ3v) is 5.61. The van der Waals surface area contributed by atoms with Crippen molar-refractivity contribution in [2.24, 2.45) is 10.7 Å². The van der Waals surface area contributed by atoms with Crippen LogP contribution in [0.3, 0.4) is 0 Å². The number of thiophene rings is 1. The van der Waals surface area contributed by atoms with Gasteiger partial charge >= 0.3 is 0 Å². The first kappa shape index (κ1) is 24.4. The summed E-state index contributed by atoms with van der Waals surface area (Å²) in [7, 11) is 1.79. The number of carbonyl (C=O) groups is 1. The highest BCUT2D eigenvalue weighted by molar-refractivity contribution is 14.0. The molecule has 1 saturated heterocycles. The van der Waals surface area contributed by atoms with Crippen molar-refractivity contribution in [1.82, 2.24) is 15.5 Å². The second kappa shape index (κ2) is 12.8. The van der Waals surface area contributed by atoms with Crippen molar-refractivity contribution in [3.05, 3.63) is 52.2 Å². The van der Waals surface area contributed by atoms with Crippen LogP contribution in [-0.2, 0) is 17.9 Å². The zero-order chi connectivity index (χ0) is 20.5. The molecule has 0 saturated carbocycles. The Balaban J connectivity index is 0.00000320. The highest BCUT2D eigenvalue weighted by atomic mass is 127. The predicted molar refractivity (Wildman–Crippen MR) is 132 cm³/mol. The number of amides is 1. The number of benzene rings is 1. The van der Waals surface area contributed by atoms with Gasteiger partial charge in [-0.3, -0.25) is 14.7 Å². The van der Waals surface area contributed by atoms with E-state index in [-0.39, 0.29) is 30.6 Å². The van der Waals surface area contributed by atoms with Crippen molar-refractivity contribution in [3.8, 4) is 5.75 Å². The van der Waals surface area contributed by atoms with Crippen LogP contribution in [-0.4, -0.2) is 49.6 Å². The van der Waals surface area contributed by atoms with Gasteiger partial charge < -0.3 is 21.1 Å². The van der Waals surface area contributed by atoms with E-state index in [2.05, 4.69) is 37.4 Å². The Morgan fingerprint density at radius 1 is 1.30 bits per heavy atom. The molecule has 1 aromatic carbocycles. The van der Waals surface area contributed by atoms with Gasteiger partial charge in [-0.05, 0) is 52.9 Å². The molecule has 4 N–H and O–H groups in total. The molecule has 164 valence electrons. The van der Waals surface area contributed by atoms with Gasteiger partial charge in [0.15, 0.2) is 12.6 Å². The molecule has 0 spiro atoms. The Hall–Kier alpha value is -1.85. The van der Waals surface area contributed by atoms with Crippen LogP contribution in [0.1, 0.15) is 24.0 Å². The molecule has 0 aliphatic carbocycles. The van der Waals surface area contributed by atoms with E-state index in [1.54, 1.807) is 18.4 Å². The molecule has 2 aromatic rings. The Kier molecular flexibility index (Phi) is 10.4. The molecule has 7 nitrogen and oxygen atoms in total. The highest BCUT2D eigenvalue weighted by Crippen LogP contribution is 2.16. The molecule has 30 heavy (non-hydrogen) atoms. The molecule has 1 aliphatic heterocycles. The molecule has 1 amide bonds. The number of primary amides is 1. The van der Waals surface area contributed by atoms with E-state index < -0.39 is 5.91 Å². The summed E-state index contributed by atoms with van der Waals surface area (Å²) in [5.41, 5.74) is 7.57. The first-order valence-corrected chi connectivity index (χ1v) is 10.8. The fraction of sp³-hybridized carbons (Fsp3) is 0.429. The molecular formula is C21H30IN5O2S. The molecule has 1 aromatic heterocycles. The number of hydrogen-bond acceptors (Lipinski definition) is 5. The SMILES string of the molecule is CN=C(NCc1cccc(OCC(N)=O)c1)NC1CCN(Cc2ccsc2)CC1.I. The van der Waals surface area contributed by atoms with Gasteiger partial charge in [-0.1, -0.05) is 12.1 Å². The highest BCUT2D eigenvalue weighted by Gasteiger charge is 2.20. The minimum Gasteiger partial charge on any atom is -0.484 e. The zero-order valence-electron chi connectivity index (χ0n) is 17.2. The van der Waals surface area contributed by atoms with Gasteiger partial charge in [0, 0.05) is 39.3 Å². The Labute approximate surface area is 199 Å². The summed E-state index contributed by atoms with van der Waals surface area (Å²) in [4.78, 5) is 17.7. The molecule has 0 atom stereocenters. The second-order valence-electron chi connectivity index (χ2n) is 7.15. The summed E-state index contributed by atoms with van der Waals surface area (Å²) in [6.45, 7) is 3.71. The summed E-state index contributed by atoms with van der Waals surface area (Å²) >= 11 is 1.76. The lowest BCUT2D eigenvalue weighted by molar-refractivity contribution is -0.119. The van der Waals surface area contributed by atoms with E-state index >= 15 is 0 Å². The van der Waals surface area contributed by atoms with Crippen molar-refractivity contribution in [3.63, 3.8) is 0 Å². The first-order valence-electron chi connectivity index (χ1n) is 9.83. The number of nitrogens with zero attached hydrogens (tertiary/aromatic N) is 2. The average molecular weight is 543 g/mol. The lowest BCUT2D eigenvalue weighted by Crippen LogP contribution is -2.48. The topological polar surface area (TPSA) is 92.0 Å². The Bertz CT molecular complexity index is 807. The minimum absolute atomic E-state index is 0. The number of halogens is 1. The molecule has 3 rings (SSSR count). The number of rotatable bonds is 8. The largest absolute Gasteiger partial charge is 0.484 e. The molecule has 0 unspecified atom stereocenters. The van der Waals surface area contributed by atoms with Crippen molar-refractivity contribution in [2.75, 3.05) is 26.7 Å². The van der Waals surface area contributed by atoms with Crippen LogP contribution < -0.4 is 21.1 Å². The molecule has 1 fully saturated rings. The number of guanidine groups is 1. The maximum atomic E-state index is 10.9. The Morgan fingerprint density at radius 3 is 2.77 bits per heavy atom. The van der Waals surface area contributed by atoms with Crippen molar-refractivity contribution in [1.29, 1.82) is 0 Å². The first-order chi connectivity index (χ1) is 14.1. The average Bonchev–Trinajstić information content (AvgIpc) is 3.24. The van der Waals surface area contributed by atoms with E-state index in [0.717, 1.165) is 44.0 Å². The number of hydrogen-bond donors (Lipinski definition) is 3. The number of likely N-dealkylation sites (tertiary alicyclic amines) is 1. The zero-order valence-corrected chi connectivity index (χ0v) is 20.3. The van der Waals surface area contributed by atoms with Crippen LogP contribution in [0.5, 0.6) is 5.75 Å². The van der Waals surface area contributed by atoms with Crippen molar-refractivity contribution in [2.45, 2.75) is 32.0 Å². The number of aliphatic imine (C=N–C) groups is 1. The van der Waals surface area contributed by atoms with Crippen LogP contribution in [0.15, 0.2) is 46.1 Å². The minimum atomic E-state index is -0.487. The standard InChI is InChI=1S/C21H29N5O2S.HI/c1-23-21(24-12-16-3-2-4-19(11-16)28-14-20(22)27)25-18-5-8-26(9-6-18)13-17-7-10-29-15-17;/h2-4,7,10-11,15,18H,5-6,8-9,12-14H2,1H3,(H2,22,27)(H2,23,24,25);1H. The predicted octanol–water partition coefficient (Wildman–Crippen LogP) is 2.56. The van der Waals surface area contributed by atoms with Gasteiger partial charge in [0.25, 0.3) is 5.91 Å². The lowest BCUT2D eigenvalue weighted by Gasteiger charge is -2.33. The van der Waals surface area contributed by atoms with Crippen LogP contribution in [0.25, 0.3) is 0 Å². The molecule has 2 heterocycles. The number of piperidine rings is 1. The van der Waals surface area contributed by atoms with Crippen molar-refractivity contribution < 1.29 is 9.53 Å². The lowest BCUT2D eigenvalue weighted by atomic mass is 10.0. The van der Waals surface area contributed by atoms with E-state index in [0.29, 0.717) is 18.3 Å². The third-order valence-electron chi connectivity index (χ3n) is 4.88. The normalized spacial score (nSPS) is 15.3. The van der Waals surface area contributed by atoms with Gasteiger partial charge in [0.05, 0.1) is 0 Å². The molecule has 0 bridgehead atoms. The summed E-state index contributed by atoms with van der Waals surface area (Å²) in [6.07, 6.45) is 2.20. The van der Waals surface area contributed by atoms with E-state index in [9.17, 15) is 4.79 Å². The second-order valence-corrected chi connectivity index (χ2v) is 7.93. The quantitative estimate of drug-likeness (QED) is 0.271. The number of nitrogens with two attached hydrogens (primary N) is 1. The van der Waals surface area contributed by atoms with Crippen LogP contribution >= 0.6 is 35.3 Å². The smallest absolute Gasteiger partial charge is 0.255 e. The van der Waals surface area contributed by atoms with Gasteiger partial charge in [-0.15, -0.1) is 24.0 Å². The van der Waals surface area contributed by atoms with Gasteiger partial charge in [-0.2, -0.15) is 11.3 Å². The van der Waals surface area contributed by atoms with Crippen LogP contribution in [0.2, 0.25) is 0 Å². The summed E-state index contributed by atoms with van der Waals surface area (Å²) in [5, 5.41) is 11.2.